The number of hydrogen-bond acceptors (Lipinski definition) is 2. The number of aryl methyl sites for hydroxylation is 3. The first-order chi connectivity index (χ1) is 12.0. The Morgan fingerprint density at radius 1 is 1.04 bits per heavy atom. The third kappa shape index (κ3) is 4.29. The molecule has 1 amide bonds. The van der Waals surface area contributed by atoms with Crippen LogP contribution in [0.3, 0.4) is 0 Å². The second-order valence-electron chi connectivity index (χ2n) is 7.16. The smallest absolute Gasteiger partial charge is 0.251 e. The van der Waals surface area contributed by atoms with Gasteiger partial charge in [-0.3, -0.25) is 9.69 Å². The first-order valence-electron chi connectivity index (χ1n) is 9.20. The maximum atomic E-state index is 12.4. The van der Waals surface area contributed by atoms with Gasteiger partial charge in [0.25, 0.3) is 5.91 Å². The molecule has 1 N–H and O–H groups in total. The van der Waals surface area contributed by atoms with Gasteiger partial charge in [0.05, 0.1) is 0 Å². The molecule has 0 saturated carbocycles. The van der Waals surface area contributed by atoms with E-state index < -0.39 is 0 Å². The molecule has 0 unspecified atom stereocenters. The molecule has 0 fully saturated rings. The number of fused-ring (bicyclic) bond motifs is 1. The summed E-state index contributed by atoms with van der Waals surface area (Å²) in [4.78, 5) is 14.9. The lowest BCUT2D eigenvalue weighted by Gasteiger charge is -2.28. The zero-order chi connectivity index (χ0) is 17.8. The van der Waals surface area contributed by atoms with Crippen molar-refractivity contribution >= 4 is 5.91 Å². The third-order valence-corrected chi connectivity index (χ3v) is 5.23. The highest BCUT2D eigenvalue weighted by atomic mass is 16.1. The molecule has 0 saturated heterocycles. The maximum Gasteiger partial charge on any atom is 0.251 e. The van der Waals surface area contributed by atoms with E-state index in [1.165, 1.54) is 22.3 Å². The maximum absolute atomic E-state index is 12.4. The summed E-state index contributed by atoms with van der Waals surface area (Å²) in [5.41, 5.74) is 7.19. The second-order valence-corrected chi connectivity index (χ2v) is 7.16. The van der Waals surface area contributed by atoms with Crippen molar-refractivity contribution in [1.29, 1.82) is 0 Å². The van der Waals surface area contributed by atoms with Gasteiger partial charge in [-0.15, -0.1) is 0 Å². The fourth-order valence-corrected chi connectivity index (χ4v) is 3.55. The molecule has 1 aliphatic rings. The van der Waals surface area contributed by atoms with Crippen LogP contribution in [0.25, 0.3) is 0 Å². The highest BCUT2D eigenvalue weighted by Gasteiger charge is 2.15. The summed E-state index contributed by atoms with van der Waals surface area (Å²) in [6.07, 6.45) is 2.11. The van der Waals surface area contributed by atoms with Gasteiger partial charge in [-0.25, -0.2) is 0 Å². The molecular formula is C22H28N2O. The van der Waals surface area contributed by atoms with Crippen LogP contribution < -0.4 is 5.32 Å². The van der Waals surface area contributed by atoms with E-state index in [4.69, 9.17) is 0 Å². The number of nitrogens with zero attached hydrogens (tertiary/aromatic N) is 1. The zero-order valence-corrected chi connectivity index (χ0v) is 15.6. The van der Waals surface area contributed by atoms with Crippen molar-refractivity contribution in [2.24, 2.45) is 0 Å². The van der Waals surface area contributed by atoms with Crippen LogP contribution in [-0.2, 0) is 13.0 Å². The van der Waals surface area contributed by atoms with Crippen molar-refractivity contribution in [3.63, 3.8) is 0 Å². The molecule has 0 bridgehead atoms. The van der Waals surface area contributed by atoms with E-state index in [9.17, 15) is 4.79 Å². The molecule has 0 radical (unpaired) electrons. The van der Waals surface area contributed by atoms with Crippen molar-refractivity contribution in [3.8, 4) is 0 Å². The lowest BCUT2D eigenvalue weighted by molar-refractivity contribution is 0.0950. The van der Waals surface area contributed by atoms with Crippen LogP contribution in [0.15, 0.2) is 36.4 Å². The Labute approximate surface area is 151 Å². The average molecular weight is 336 g/mol. The zero-order valence-electron chi connectivity index (χ0n) is 15.6. The molecule has 1 aliphatic heterocycles. The van der Waals surface area contributed by atoms with Gasteiger partial charge in [-0.1, -0.05) is 30.3 Å². The lowest BCUT2D eigenvalue weighted by atomic mass is 10.00. The number of benzene rings is 2. The van der Waals surface area contributed by atoms with E-state index in [-0.39, 0.29) is 5.91 Å². The van der Waals surface area contributed by atoms with Crippen LogP contribution in [0.4, 0.5) is 0 Å². The van der Waals surface area contributed by atoms with Gasteiger partial charge in [0.1, 0.15) is 0 Å². The van der Waals surface area contributed by atoms with E-state index >= 15 is 0 Å². The fourth-order valence-electron chi connectivity index (χ4n) is 3.55. The highest BCUT2D eigenvalue weighted by molar-refractivity contribution is 5.95. The Morgan fingerprint density at radius 3 is 2.56 bits per heavy atom. The van der Waals surface area contributed by atoms with Gasteiger partial charge in [0, 0.05) is 31.7 Å². The Hall–Kier alpha value is -2.13. The van der Waals surface area contributed by atoms with Crippen LogP contribution in [0.2, 0.25) is 0 Å². The van der Waals surface area contributed by atoms with Crippen molar-refractivity contribution in [2.75, 3.05) is 19.6 Å². The molecule has 132 valence electrons. The molecule has 0 spiro atoms. The van der Waals surface area contributed by atoms with Gasteiger partial charge in [0.15, 0.2) is 0 Å². The Morgan fingerprint density at radius 2 is 1.76 bits per heavy atom. The minimum Gasteiger partial charge on any atom is -0.352 e. The summed E-state index contributed by atoms with van der Waals surface area (Å²) >= 11 is 0. The van der Waals surface area contributed by atoms with Crippen LogP contribution in [0, 0.1) is 20.8 Å². The fraction of sp³-hybridized carbons (Fsp3) is 0.409. The Bertz CT molecular complexity index is 767. The van der Waals surface area contributed by atoms with Gasteiger partial charge in [-0.05, 0) is 67.5 Å². The first kappa shape index (κ1) is 17.7. The summed E-state index contributed by atoms with van der Waals surface area (Å²) in [6.45, 7) is 10.0. The quantitative estimate of drug-likeness (QED) is 0.843. The third-order valence-electron chi connectivity index (χ3n) is 5.23. The predicted octanol–water partition coefficient (Wildman–Crippen LogP) is 3.79. The highest BCUT2D eigenvalue weighted by Crippen LogP contribution is 2.18. The van der Waals surface area contributed by atoms with Crippen LogP contribution >= 0.6 is 0 Å². The first-order valence-corrected chi connectivity index (χ1v) is 9.20. The van der Waals surface area contributed by atoms with E-state index in [2.05, 4.69) is 54.4 Å². The average Bonchev–Trinajstić information content (AvgIpc) is 2.61. The van der Waals surface area contributed by atoms with Gasteiger partial charge in [-0.2, -0.15) is 0 Å². The van der Waals surface area contributed by atoms with E-state index in [1.807, 2.05) is 13.0 Å². The molecule has 3 rings (SSSR count). The van der Waals surface area contributed by atoms with E-state index in [0.717, 1.165) is 50.1 Å². The number of amides is 1. The van der Waals surface area contributed by atoms with Crippen molar-refractivity contribution in [1.82, 2.24) is 10.2 Å². The largest absolute Gasteiger partial charge is 0.352 e. The molecule has 0 atom stereocenters. The molecule has 2 aromatic rings. The van der Waals surface area contributed by atoms with E-state index in [0.29, 0.717) is 0 Å². The second kappa shape index (κ2) is 7.83. The van der Waals surface area contributed by atoms with Gasteiger partial charge < -0.3 is 5.32 Å². The normalized spacial score (nSPS) is 14.2. The SMILES string of the molecule is Cc1cc(C)c(C(=O)NCCCN2CCc3ccccc3C2)cc1C. The monoisotopic (exact) mass is 336 g/mol. The molecule has 2 aromatic carbocycles. The Balaban J connectivity index is 1.46. The lowest BCUT2D eigenvalue weighted by Crippen LogP contribution is -2.33. The van der Waals surface area contributed by atoms with Crippen LogP contribution in [0.5, 0.6) is 0 Å². The van der Waals surface area contributed by atoms with Crippen molar-refractivity contribution < 1.29 is 4.79 Å². The number of hydrogen-bond donors (Lipinski definition) is 1. The number of carbonyl (C=O) groups excluding carboxylic acids is 1. The molecule has 0 aromatic heterocycles. The van der Waals surface area contributed by atoms with Crippen LogP contribution in [0.1, 0.15) is 44.6 Å². The summed E-state index contributed by atoms with van der Waals surface area (Å²) in [5, 5.41) is 3.08. The molecule has 1 heterocycles. The summed E-state index contributed by atoms with van der Waals surface area (Å²) < 4.78 is 0. The van der Waals surface area contributed by atoms with Crippen molar-refractivity contribution in [3.05, 3.63) is 69.8 Å². The Kier molecular flexibility index (Phi) is 5.54. The number of nitrogens with one attached hydrogen (secondary N) is 1. The van der Waals surface area contributed by atoms with Crippen LogP contribution in [-0.4, -0.2) is 30.4 Å². The molecule has 3 nitrogen and oxygen atoms in total. The van der Waals surface area contributed by atoms with E-state index in [1.54, 1.807) is 0 Å². The van der Waals surface area contributed by atoms with Gasteiger partial charge >= 0.3 is 0 Å². The van der Waals surface area contributed by atoms with Crippen molar-refractivity contribution in [2.45, 2.75) is 40.2 Å². The minimum absolute atomic E-state index is 0.0459. The predicted molar refractivity (Wildman–Crippen MR) is 103 cm³/mol. The number of carbonyl (C=O) groups is 1. The topological polar surface area (TPSA) is 32.3 Å². The minimum atomic E-state index is 0.0459. The molecule has 25 heavy (non-hydrogen) atoms. The summed E-state index contributed by atoms with van der Waals surface area (Å²) in [6, 6.07) is 12.8. The molecule has 3 heteroatoms. The number of rotatable bonds is 5. The summed E-state index contributed by atoms with van der Waals surface area (Å²) in [5.74, 6) is 0.0459. The summed E-state index contributed by atoms with van der Waals surface area (Å²) in [7, 11) is 0. The molecular weight excluding hydrogens is 308 g/mol. The van der Waals surface area contributed by atoms with Gasteiger partial charge in [0.2, 0.25) is 0 Å². The standard InChI is InChI=1S/C22H28N2O/c1-16-13-18(3)21(14-17(16)2)22(25)23-10-6-11-24-12-9-19-7-4-5-8-20(19)15-24/h4-5,7-8,13-14H,6,9-12,15H2,1-3H3,(H,23,25). The molecule has 0 aliphatic carbocycles.